The lowest BCUT2D eigenvalue weighted by molar-refractivity contribution is -0.384. The molecule has 5 fully saturated rings. The third-order valence-electron chi connectivity index (χ3n) is 8.83. The van der Waals surface area contributed by atoms with E-state index in [1.165, 1.54) is 38.1 Å². The molecular formula is C26H33NO8. The molecule has 35 heavy (non-hydrogen) atoms. The number of nitrogens with zero attached hydrogens (tertiary/aromatic N) is 1. The van der Waals surface area contributed by atoms with Crippen LogP contribution in [0, 0.1) is 44.6 Å². The molecule has 1 aromatic carbocycles. The molecule has 190 valence electrons. The summed E-state index contributed by atoms with van der Waals surface area (Å²) in [6, 6.07) is 5.29. The molecule has 6 rings (SSSR count). The number of benzene rings is 1. The van der Waals surface area contributed by atoms with E-state index in [9.17, 15) is 24.5 Å². The van der Waals surface area contributed by atoms with Gasteiger partial charge in [-0.25, -0.2) is 4.79 Å². The smallest absolute Gasteiger partial charge is 0.338 e. The fourth-order valence-corrected chi connectivity index (χ4v) is 7.51. The van der Waals surface area contributed by atoms with E-state index >= 15 is 0 Å². The van der Waals surface area contributed by atoms with Crippen molar-refractivity contribution in [2.24, 2.45) is 34.5 Å². The van der Waals surface area contributed by atoms with E-state index in [4.69, 9.17) is 14.2 Å². The van der Waals surface area contributed by atoms with Gasteiger partial charge in [0.25, 0.3) is 5.69 Å². The number of carbonyl (C=O) groups is 3. The molecule has 0 unspecified atom stereocenters. The van der Waals surface area contributed by atoms with Crippen LogP contribution in [0.15, 0.2) is 24.3 Å². The first kappa shape index (κ1) is 25.1. The molecule has 0 spiro atoms. The molecule has 0 aromatic heterocycles. The van der Waals surface area contributed by atoms with Gasteiger partial charge in [-0.15, -0.1) is 0 Å². The number of hydrogen-bond acceptors (Lipinski definition) is 8. The zero-order valence-corrected chi connectivity index (χ0v) is 21.0. The van der Waals surface area contributed by atoms with Crippen LogP contribution in [0.3, 0.4) is 0 Å². The first-order chi connectivity index (χ1) is 16.3. The van der Waals surface area contributed by atoms with Gasteiger partial charge in [0.15, 0.2) is 0 Å². The Morgan fingerprint density at radius 1 is 0.886 bits per heavy atom. The van der Waals surface area contributed by atoms with Crippen LogP contribution in [0.4, 0.5) is 5.69 Å². The number of hydrogen-bond donors (Lipinski definition) is 0. The van der Waals surface area contributed by atoms with Crippen molar-refractivity contribution in [3.05, 3.63) is 39.9 Å². The average Bonchev–Trinajstić information content (AvgIpc) is 2.85. The Balaban J connectivity index is 1.69. The standard InChI is InChI=1S/C26H33NO8/c1-13-11-18(33-14(2)28)22-23-21(13)26(22,6)20(34-15(3)29)12-19(25(23,4)5)35-24(30)16-7-9-17(10-8-16)27(31)32/h7-10,13,18-23H,11-12H2,1-6H3/t13-,18+,19+,20+,21-,22+,23+,26+/m0/s1. The van der Waals surface area contributed by atoms with Gasteiger partial charge in [-0.2, -0.15) is 0 Å². The van der Waals surface area contributed by atoms with Crippen molar-refractivity contribution in [1.82, 2.24) is 0 Å². The molecule has 1 aromatic rings. The lowest BCUT2D eigenvalue weighted by Gasteiger charge is -2.70. The summed E-state index contributed by atoms with van der Waals surface area (Å²) in [6.45, 7) is 11.1. The van der Waals surface area contributed by atoms with Crippen LogP contribution in [0.5, 0.6) is 0 Å². The largest absolute Gasteiger partial charge is 0.462 e. The Morgan fingerprint density at radius 2 is 1.49 bits per heavy atom. The summed E-state index contributed by atoms with van der Waals surface area (Å²) in [6.07, 6.45) is -0.313. The van der Waals surface area contributed by atoms with Gasteiger partial charge in [0, 0.05) is 49.1 Å². The maximum Gasteiger partial charge on any atom is 0.338 e. The number of rotatable bonds is 5. The quantitative estimate of drug-likeness (QED) is 0.260. The number of carbonyl (C=O) groups excluding carboxylic acids is 3. The second kappa shape index (κ2) is 8.60. The van der Waals surface area contributed by atoms with E-state index in [-0.39, 0.29) is 47.0 Å². The molecule has 8 atom stereocenters. The van der Waals surface area contributed by atoms with Gasteiger partial charge in [-0.05, 0) is 36.3 Å². The number of fused-ring (bicyclic) bond motifs is 5. The highest BCUT2D eigenvalue weighted by atomic mass is 16.6. The van der Waals surface area contributed by atoms with Crippen molar-refractivity contribution >= 4 is 23.6 Å². The van der Waals surface area contributed by atoms with E-state index in [2.05, 4.69) is 27.7 Å². The molecule has 9 heteroatoms. The molecular weight excluding hydrogens is 454 g/mol. The normalized spacial score (nSPS) is 36.7. The lowest BCUT2D eigenvalue weighted by Crippen LogP contribution is -2.72. The Bertz CT molecular complexity index is 1050. The zero-order valence-electron chi connectivity index (χ0n) is 21.0. The topological polar surface area (TPSA) is 122 Å². The highest BCUT2D eigenvalue weighted by molar-refractivity contribution is 5.89. The van der Waals surface area contributed by atoms with Gasteiger partial charge in [0.05, 0.1) is 10.5 Å². The Kier molecular flexibility index (Phi) is 6.18. The summed E-state index contributed by atoms with van der Waals surface area (Å²) in [5.41, 5.74) is -0.810. The van der Waals surface area contributed by atoms with E-state index in [0.29, 0.717) is 6.42 Å². The SMILES string of the molecule is CC(=O)O[C@@H]1C[C@H](C)[C@H]2[C@@H]3[C@@H]1[C@]2(C)[C@H](OC(C)=O)C[C@@H](OC(=O)c1ccc([N+](=O)[O-])cc1)C3(C)C. The zero-order chi connectivity index (χ0) is 25.9. The molecule has 0 amide bonds. The van der Waals surface area contributed by atoms with Crippen molar-refractivity contribution in [2.45, 2.75) is 72.7 Å². The van der Waals surface area contributed by atoms with E-state index in [0.717, 1.165) is 6.42 Å². The monoisotopic (exact) mass is 487 g/mol. The predicted octanol–water partition coefficient (Wildman–Crippen LogP) is 4.32. The minimum Gasteiger partial charge on any atom is -0.462 e. The molecule has 5 aliphatic carbocycles. The van der Waals surface area contributed by atoms with Crippen LogP contribution >= 0.6 is 0 Å². The van der Waals surface area contributed by atoms with Gasteiger partial charge in [-0.3, -0.25) is 19.7 Å². The highest BCUT2D eigenvalue weighted by Crippen LogP contribution is 2.74. The fourth-order valence-electron chi connectivity index (χ4n) is 7.51. The summed E-state index contributed by atoms with van der Waals surface area (Å²) in [5, 5.41) is 10.9. The first-order valence-electron chi connectivity index (χ1n) is 12.1. The van der Waals surface area contributed by atoms with Crippen LogP contribution in [-0.2, 0) is 23.8 Å². The number of esters is 3. The minimum atomic E-state index is -0.585. The number of ether oxygens (including phenoxy) is 3. The molecule has 0 radical (unpaired) electrons. The lowest BCUT2D eigenvalue weighted by atomic mass is 9.35. The van der Waals surface area contributed by atoms with Crippen LogP contribution < -0.4 is 0 Å². The van der Waals surface area contributed by atoms with Crippen LogP contribution in [0.25, 0.3) is 0 Å². The fraction of sp³-hybridized carbons (Fsp3) is 0.654. The van der Waals surface area contributed by atoms with Crippen molar-refractivity contribution < 1.29 is 33.5 Å². The second-order valence-corrected chi connectivity index (χ2v) is 11.2. The maximum absolute atomic E-state index is 13.1. The maximum atomic E-state index is 13.1. The Hall–Kier alpha value is -2.97. The van der Waals surface area contributed by atoms with Crippen molar-refractivity contribution in [2.75, 3.05) is 0 Å². The molecule has 0 N–H and O–H groups in total. The highest BCUT2D eigenvalue weighted by Gasteiger charge is 2.76. The van der Waals surface area contributed by atoms with Crippen LogP contribution in [-0.4, -0.2) is 41.1 Å². The Morgan fingerprint density at radius 3 is 2.03 bits per heavy atom. The van der Waals surface area contributed by atoms with E-state index in [1.54, 1.807) is 0 Å². The van der Waals surface area contributed by atoms with E-state index in [1.807, 2.05) is 0 Å². The van der Waals surface area contributed by atoms with Gasteiger partial charge in [0.1, 0.15) is 18.3 Å². The Labute approximate surface area is 204 Å². The molecule has 0 saturated heterocycles. The first-order valence-corrected chi connectivity index (χ1v) is 12.1. The molecule has 5 saturated carbocycles. The summed E-state index contributed by atoms with van der Waals surface area (Å²) in [7, 11) is 0. The van der Waals surface area contributed by atoms with Gasteiger partial charge >= 0.3 is 17.9 Å². The van der Waals surface area contributed by atoms with Gasteiger partial charge in [-0.1, -0.05) is 27.7 Å². The minimum absolute atomic E-state index is 0.0324. The van der Waals surface area contributed by atoms with Crippen LogP contribution in [0.2, 0.25) is 0 Å². The molecule has 4 bridgehead atoms. The van der Waals surface area contributed by atoms with Crippen LogP contribution in [0.1, 0.15) is 64.7 Å². The summed E-state index contributed by atoms with van der Waals surface area (Å²) < 4.78 is 17.7. The van der Waals surface area contributed by atoms with Gasteiger partial charge < -0.3 is 14.2 Å². The van der Waals surface area contributed by atoms with Crippen molar-refractivity contribution in [3.8, 4) is 0 Å². The molecule has 0 heterocycles. The van der Waals surface area contributed by atoms with Crippen molar-refractivity contribution in [3.63, 3.8) is 0 Å². The van der Waals surface area contributed by atoms with Gasteiger partial charge in [0.2, 0.25) is 0 Å². The average molecular weight is 488 g/mol. The van der Waals surface area contributed by atoms with E-state index < -0.39 is 39.9 Å². The summed E-state index contributed by atoms with van der Waals surface area (Å²) in [4.78, 5) is 47.5. The predicted molar refractivity (Wildman–Crippen MR) is 124 cm³/mol. The second-order valence-electron chi connectivity index (χ2n) is 11.2. The van der Waals surface area contributed by atoms with Crippen molar-refractivity contribution in [1.29, 1.82) is 0 Å². The summed E-state index contributed by atoms with van der Waals surface area (Å²) >= 11 is 0. The third kappa shape index (κ3) is 3.98. The number of nitro benzene ring substituents is 1. The molecule has 9 nitrogen and oxygen atoms in total. The molecule has 5 aliphatic rings. The number of nitro groups is 1. The number of non-ortho nitro benzene ring substituents is 1. The molecule has 0 aliphatic heterocycles. The third-order valence-corrected chi connectivity index (χ3v) is 8.83. The summed E-state index contributed by atoms with van der Waals surface area (Å²) in [5.74, 6) is -0.836.